The van der Waals surface area contributed by atoms with Crippen molar-refractivity contribution < 1.29 is 84.3 Å². The minimum Gasteiger partial charge on any atom is -0.481 e. The number of rotatable bonds is 10. The molecule has 4 fully saturated rings. The van der Waals surface area contributed by atoms with E-state index < -0.39 is 135 Å². The fourth-order valence-corrected chi connectivity index (χ4v) is 6.10. The fraction of sp³-hybridized carbons (Fsp3) is 0.926. The maximum absolute atomic E-state index is 12.1. The van der Waals surface area contributed by atoms with E-state index in [1.165, 1.54) is 6.92 Å². The molecule has 294 valence electrons. The molecule has 3 aliphatic heterocycles. The van der Waals surface area contributed by atoms with E-state index in [0.717, 1.165) is 6.92 Å². The van der Waals surface area contributed by atoms with Gasteiger partial charge < -0.3 is 109 Å². The first kappa shape index (κ1) is 44.3. The highest BCUT2D eigenvalue weighted by Crippen LogP contribution is 2.34. The maximum Gasteiger partial charge on any atom is 0.300 e. The Morgan fingerprint density at radius 1 is 0.680 bits per heavy atom. The molecule has 19 atom stereocenters. The topological polar surface area (TPSA) is 425 Å². The summed E-state index contributed by atoms with van der Waals surface area (Å²) < 4.78 is 34.9. The van der Waals surface area contributed by atoms with E-state index in [4.69, 9.17) is 67.0 Å². The SMILES string of the molecule is CC(=O)N[C@H]1C[C@@H](N)[C@H](O)[C@@H](O[C@@H]2O[C@H](CO)[C@@H](OC3O[C@@H](CN)[C@@H](O)[C@H](O)[C@H]3N)[C@H]2O)[C@@H]1O[C@H]1O[C@H](CN)[C@@H](O)[C@H](O)[C@H]1N.CC(=O)O.O. The lowest BCUT2D eigenvalue weighted by atomic mass is 9.83. The minimum atomic E-state index is -1.66. The summed E-state index contributed by atoms with van der Waals surface area (Å²) in [5.41, 5.74) is 29.6. The molecule has 1 amide bonds. The molecular weight excluding hydrogens is 680 g/mol. The standard InChI is InChI=1S/C25H48N6O14.C2H4O2.H2O/c1-6(33)31-8-2-7(28)14(34)22(20(8)43-23-12(29)17(37)15(35)9(3-26)40-23)45-25-19(39)21(11(5-32)42-25)44-24-13(30)18(38)16(36)10(4-27)41-24;1-2(3)4;/h7-25,32,34-39H,2-5,26-30H2,1H3,(H,31,33);1H3,(H,3,4);1H2/t7-,8+,9-,10+,11-,12-,13-,14+,15-,16-,17-,18-,19-,20-,21-,22-,23-,24?,25+;;/m1../s1. The largest absolute Gasteiger partial charge is 0.481 e. The molecule has 0 radical (unpaired) electrons. The predicted molar refractivity (Wildman–Crippen MR) is 165 cm³/mol. The van der Waals surface area contributed by atoms with Gasteiger partial charge in [0.25, 0.3) is 5.97 Å². The zero-order valence-electron chi connectivity index (χ0n) is 27.5. The first-order valence-corrected chi connectivity index (χ1v) is 15.7. The average Bonchev–Trinajstić information content (AvgIpc) is 3.34. The van der Waals surface area contributed by atoms with Crippen molar-refractivity contribution >= 4 is 11.9 Å². The number of aliphatic hydroxyl groups excluding tert-OH is 7. The molecule has 23 nitrogen and oxygen atoms in total. The molecule has 0 bridgehead atoms. The monoisotopic (exact) mass is 734 g/mol. The van der Waals surface area contributed by atoms with Gasteiger partial charge in [0.15, 0.2) is 18.9 Å². The van der Waals surface area contributed by atoms with Crippen LogP contribution in [0.4, 0.5) is 0 Å². The lowest BCUT2D eigenvalue weighted by Crippen LogP contribution is -2.69. The van der Waals surface area contributed by atoms with Gasteiger partial charge in [-0.05, 0) is 6.42 Å². The average molecular weight is 735 g/mol. The molecule has 1 unspecified atom stereocenters. The van der Waals surface area contributed by atoms with Crippen LogP contribution in [0.2, 0.25) is 0 Å². The summed E-state index contributed by atoms with van der Waals surface area (Å²) in [5, 5.41) is 83.7. The van der Waals surface area contributed by atoms with E-state index in [1.807, 2.05) is 0 Å². The van der Waals surface area contributed by atoms with Crippen LogP contribution in [0.5, 0.6) is 0 Å². The molecule has 50 heavy (non-hydrogen) atoms. The number of amides is 1. The van der Waals surface area contributed by atoms with Crippen LogP contribution >= 0.6 is 0 Å². The third-order valence-electron chi connectivity index (χ3n) is 8.72. The van der Waals surface area contributed by atoms with E-state index in [-0.39, 0.29) is 25.0 Å². The second kappa shape index (κ2) is 19.3. The number of aliphatic carboxylic acids is 1. The van der Waals surface area contributed by atoms with Gasteiger partial charge in [-0.1, -0.05) is 0 Å². The number of carboxylic acid groups (broad SMARTS) is 1. The molecule has 4 aliphatic rings. The van der Waals surface area contributed by atoms with Gasteiger partial charge >= 0.3 is 0 Å². The van der Waals surface area contributed by atoms with E-state index >= 15 is 0 Å². The molecule has 1 saturated carbocycles. The second-order valence-corrected chi connectivity index (χ2v) is 12.4. The maximum atomic E-state index is 12.1. The first-order chi connectivity index (χ1) is 23.0. The molecule has 0 spiro atoms. The summed E-state index contributed by atoms with van der Waals surface area (Å²) in [6, 6.07) is -4.43. The Hall–Kier alpha value is -1.82. The summed E-state index contributed by atoms with van der Waals surface area (Å²) in [5.74, 6) is -1.31. The van der Waals surface area contributed by atoms with Crippen molar-refractivity contribution in [3.8, 4) is 0 Å². The zero-order chi connectivity index (χ0) is 36.9. The Kier molecular flexibility index (Phi) is 17.1. The molecule has 23 heteroatoms. The van der Waals surface area contributed by atoms with Gasteiger partial charge in [-0.25, -0.2) is 0 Å². The molecule has 0 aromatic carbocycles. The third-order valence-corrected chi connectivity index (χ3v) is 8.72. The van der Waals surface area contributed by atoms with E-state index in [9.17, 15) is 40.5 Å². The summed E-state index contributed by atoms with van der Waals surface area (Å²) in [6.07, 6.45) is -20.7. The van der Waals surface area contributed by atoms with E-state index in [1.54, 1.807) is 0 Å². The Bertz CT molecular complexity index is 1060. The fourth-order valence-electron chi connectivity index (χ4n) is 6.10. The molecule has 4 rings (SSSR count). The quantitative estimate of drug-likeness (QED) is 0.0990. The number of hydrogen-bond donors (Lipinski definition) is 14. The highest BCUT2D eigenvalue weighted by molar-refractivity contribution is 5.73. The molecule has 21 N–H and O–H groups in total. The summed E-state index contributed by atoms with van der Waals surface area (Å²) >= 11 is 0. The van der Waals surface area contributed by atoms with Crippen LogP contribution in [0.3, 0.4) is 0 Å². The number of hydrogen-bond acceptors (Lipinski definition) is 20. The summed E-state index contributed by atoms with van der Waals surface area (Å²) in [4.78, 5) is 21.1. The van der Waals surface area contributed by atoms with Crippen molar-refractivity contribution in [1.82, 2.24) is 5.32 Å². The number of carbonyl (C=O) groups is 2. The van der Waals surface area contributed by atoms with Crippen molar-refractivity contribution in [3.05, 3.63) is 0 Å². The smallest absolute Gasteiger partial charge is 0.300 e. The zero-order valence-corrected chi connectivity index (χ0v) is 27.5. The van der Waals surface area contributed by atoms with Crippen LogP contribution in [0.25, 0.3) is 0 Å². The van der Waals surface area contributed by atoms with E-state index in [2.05, 4.69) is 5.32 Å². The van der Waals surface area contributed by atoms with Crippen LogP contribution in [0.15, 0.2) is 0 Å². The molecular formula is C27H54N6O17. The van der Waals surface area contributed by atoms with Gasteiger partial charge in [-0.2, -0.15) is 0 Å². The van der Waals surface area contributed by atoms with Gasteiger partial charge in [-0.15, -0.1) is 0 Å². The Balaban J connectivity index is 0.00000164. The lowest BCUT2D eigenvalue weighted by Gasteiger charge is -2.48. The van der Waals surface area contributed by atoms with Crippen molar-refractivity contribution in [2.45, 2.75) is 137 Å². The number of carbonyl (C=O) groups excluding carboxylic acids is 1. The normalized spacial score (nSPS) is 46.2. The lowest BCUT2D eigenvalue weighted by molar-refractivity contribution is -0.308. The molecule has 0 aromatic heterocycles. The van der Waals surface area contributed by atoms with E-state index in [0.29, 0.717) is 0 Å². The molecule has 0 aromatic rings. The second-order valence-electron chi connectivity index (χ2n) is 12.4. The predicted octanol–water partition coefficient (Wildman–Crippen LogP) is -9.45. The third kappa shape index (κ3) is 10.2. The van der Waals surface area contributed by atoms with Gasteiger partial charge in [0, 0.05) is 33.0 Å². The van der Waals surface area contributed by atoms with Gasteiger partial charge in [0.2, 0.25) is 5.91 Å². The molecule has 1 aliphatic carbocycles. The number of carboxylic acids is 1. The van der Waals surface area contributed by atoms with Crippen LogP contribution < -0.4 is 34.0 Å². The van der Waals surface area contributed by atoms with Crippen molar-refractivity contribution in [2.75, 3.05) is 19.7 Å². The number of ether oxygens (including phenoxy) is 6. The first-order valence-electron chi connectivity index (χ1n) is 15.7. The van der Waals surface area contributed by atoms with Crippen molar-refractivity contribution in [1.29, 1.82) is 0 Å². The Morgan fingerprint density at radius 3 is 1.52 bits per heavy atom. The highest BCUT2D eigenvalue weighted by atomic mass is 16.8. The highest BCUT2D eigenvalue weighted by Gasteiger charge is 2.55. The number of nitrogens with two attached hydrogens (primary N) is 5. The van der Waals surface area contributed by atoms with Crippen molar-refractivity contribution in [2.24, 2.45) is 28.7 Å². The summed E-state index contributed by atoms with van der Waals surface area (Å²) in [6.45, 7) is 1.27. The molecule has 3 saturated heterocycles. The van der Waals surface area contributed by atoms with Gasteiger partial charge in [0.1, 0.15) is 67.1 Å². The van der Waals surface area contributed by atoms with Gasteiger partial charge in [-0.3, -0.25) is 9.59 Å². The van der Waals surface area contributed by atoms with Crippen molar-refractivity contribution in [3.63, 3.8) is 0 Å². The van der Waals surface area contributed by atoms with Crippen LogP contribution in [-0.2, 0) is 38.0 Å². The van der Waals surface area contributed by atoms with Crippen LogP contribution in [0, 0.1) is 0 Å². The van der Waals surface area contributed by atoms with Gasteiger partial charge in [0.05, 0.1) is 30.8 Å². The van der Waals surface area contributed by atoms with Crippen LogP contribution in [-0.4, -0.2) is 194 Å². The van der Waals surface area contributed by atoms with Crippen LogP contribution in [0.1, 0.15) is 20.3 Å². The summed E-state index contributed by atoms with van der Waals surface area (Å²) in [7, 11) is 0. The number of nitrogens with one attached hydrogen (secondary N) is 1. The minimum absolute atomic E-state index is 0. The molecule has 3 heterocycles. The Labute approximate surface area is 286 Å². The number of aliphatic hydroxyl groups is 7. The Morgan fingerprint density at radius 2 is 1.10 bits per heavy atom.